The minimum absolute atomic E-state index is 0.115. The van der Waals surface area contributed by atoms with E-state index < -0.39 is 5.97 Å². The van der Waals surface area contributed by atoms with Gasteiger partial charge in [0.15, 0.2) is 0 Å². The lowest BCUT2D eigenvalue weighted by atomic mass is 10.6. The quantitative estimate of drug-likeness (QED) is 0.259. The van der Waals surface area contributed by atoms with Crippen LogP contribution in [0.2, 0.25) is 0 Å². The highest BCUT2D eigenvalue weighted by atomic mass is 16.7. The highest BCUT2D eigenvalue weighted by Crippen LogP contribution is 1.95. The van der Waals surface area contributed by atoms with Gasteiger partial charge in [-0.25, -0.2) is 4.79 Å². The van der Waals surface area contributed by atoms with E-state index in [9.17, 15) is 4.79 Å². The third-order valence-electron chi connectivity index (χ3n) is 0.972. The maximum atomic E-state index is 10.5. The molecule has 0 aliphatic heterocycles. The number of hydrogen-bond acceptors (Lipinski definition) is 4. The second-order valence-corrected chi connectivity index (χ2v) is 1.88. The molecule has 0 aliphatic carbocycles. The summed E-state index contributed by atoms with van der Waals surface area (Å²) < 4.78 is 14.2. The van der Waals surface area contributed by atoms with E-state index in [4.69, 9.17) is 4.74 Å². The first-order chi connectivity index (χ1) is 6.20. The number of ether oxygens (including phenoxy) is 3. The molecule has 0 atom stereocenters. The summed E-state index contributed by atoms with van der Waals surface area (Å²) in [5.41, 5.74) is 0. The second-order valence-electron chi connectivity index (χ2n) is 1.88. The molecule has 4 nitrogen and oxygen atoms in total. The van der Waals surface area contributed by atoms with Crippen LogP contribution >= 0.6 is 0 Å². The third-order valence-corrected chi connectivity index (χ3v) is 0.972. The summed E-state index contributed by atoms with van der Waals surface area (Å²) in [6.07, 6.45) is 2.27. The number of carbonyl (C=O) groups is 1. The predicted octanol–water partition coefficient (Wildman–Crippen LogP) is 1.36. The number of esters is 1. The smallest absolute Gasteiger partial charge is 0.330 e. The molecule has 0 rings (SSSR count). The van der Waals surface area contributed by atoms with Crippen molar-refractivity contribution in [2.45, 2.75) is 0 Å². The van der Waals surface area contributed by atoms with Gasteiger partial charge in [-0.3, -0.25) is 0 Å². The van der Waals surface area contributed by atoms with Gasteiger partial charge >= 0.3 is 5.97 Å². The second kappa shape index (κ2) is 6.97. The van der Waals surface area contributed by atoms with E-state index in [1.54, 1.807) is 0 Å². The fourth-order valence-corrected chi connectivity index (χ4v) is 0.484. The topological polar surface area (TPSA) is 44.8 Å². The fourth-order valence-electron chi connectivity index (χ4n) is 0.484. The van der Waals surface area contributed by atoms with Gasteiger partial charge in [-0.15, -0.1) is 0 Å². The Morgan fingerprint density at radius 2 is 1.85 bits per heavy atom. The van der Waals surface area contributed by atoms with E-state index in [0.29, 0.717) is 0 Å². The Hall–Kier alpha value is -1.71. The predicted molar refractivity (Wildman–Crippen MR) is 47.5 cm³/mol. The van der Waals surface area contributed by atoms with Crippen molar-refractivity contribution < 1.29 is 19.0 Å². The first-order valence-corrected chi connectivity index (χ1v) is 3.59. The normalized spacial score (nSPS) is 8.31. The molecule has 13 heavy (non-hydrogen) atoms. The van der Waals surface area contributed by atoms with Crippen LogP contribution in [-0.2, 0) is 19.0 Å². The van der Waals surface area contributed by atoms with Crippen LogP contribution in [0.3, 0.4) is 0 Å². The Balaban J connectivity index is 3.35. The molecule has 0 fully saturated rings. The Kier molecular flexibility index (Phi) is 6.05. The average Bonchev–Trinajstić information content (AvgIpc) is 2.12. The van der Waals surface area contributed by atoms with Crippen LogP contribution in [0.25, 0.3) is 0 Å². The van der Waals surface area contributed by atoms with Crippen LogP contribution in [0.15, 0.2) is 38.0 Å². The summed E-state index contributed by atoms with van der Waals surface area (Å²) >= 11 is 0. The molecule has 0 amide bonds. The Labute approximate surface area is 77.1 Å². The van der Waals surface area contributed by atoms with Crippen molar-refractivity contribution in [3.05, 3.63) is 38.0 Å². The molecule has 0 saturated carbocycles. The zero-order valence-corrected chi connectivity index (χ0v) is 7.32. The van der Waals surface area contributed by atoms with Crippen molar-refractivity contribution in [3.63, 3.8) is 0 Å². The van der Waals surface area contributed by atoms with Crippen molar-refractivity contribution in [3.8, 4) is 0 Å². The summed E-state index contributed by atoms with van der Waals surface area (Å²) in [7, 11) is 0. The van der Waals surface area contributed by atoms with Crippen molar-refractivity contribution in [2.24, 2.45) is 0 Å². The van der Waals surface area contributed by atoms with Crippen LogP contribution < -0.4 is 0 Å². The summed E-state index contributed by atoms with van der Waals surface area (Å²) in [5, 5.41) is 0. The van der Waals surface area contributed by atoms with Gasteiger partial charge in [0.25, 0.3) is 5.95 Å². The van der Waals surface area contributed by atoms with Crippen molar-refractivity contribution in [1.82, 2.24) is 0 Å². The zero-order chi connectivity index (χ0) is 10.1. The minimum atomic E-state index is -0.487. The lowest BCUT2D eigenvalue weighted by Gasteiger charge is -2.06. The van der Waals surface area contributed by atoms with Crippen molar-refractivity contribution in [2.75, 3.05) is 13.2 Å². The fraction of sp³-hybridized carbons (Fsp3) is 0.222. The molecule has 0 saturated heterocycles. The van der Waals surface area contributed by atoms with Crippen LogP contribution in [0.5, 0.6) is 0 Å². The van der Waals surface area contributed by atoms with Crippen molar-refractivity contribution in [1.29, 1.82) is 0 Å². The first-order valence-electron chi connectivity index (χ1n) is 3.59. The van der Waals surface area contributed by atoms with Crippen molar-refractivity contribution >= 4 is 5.97 Å². The molecule has 0 aromatic carbocycles. The third kappa shape index (κ3) is 6.68. The van der Waals surface area contributed by atoms with E-state index in [1.165, 1.54) is 6.26 Å². The summed E-state index contributed by atoms with van der Waals surface area (Å²) in [4.78, 5) is 10.5. The van der Waals surface area contributed by atoms with Gasteiger partial charge in [0.1, 0.15) is 13.2 Å². The largest absolute Gasteiger partial charge is 0.462 e. The SMILES string of the molecule is C=COC(=C)OCCOC(=O)C=C. The molecule has 0 heterocycles. The highest BCUT2D eigenvalue weighted by Gasteiger charge is 1.96. The molecule has 4 heteroatoms. The molecule has 0 unspecified atom stereocenters. The number of carbonyl (C=O) groups excluding carboxylic acids is 1. The van der Waals surface area contributed by atoms with Gasteiger partial charge in [-0.1, -0.05) is 13.2 Å². The lowest BCUT2D eigenvalue weighted by molar-refractivity contribution is -0.139. The standard InChI is InChI=1S/C9H12O4/c1-4-9(10)13-7-6-12-8(3)11-5-2/h4-5H,1-3,6-7H2. The molecule has 0 bridgehead atoms. The van der Waals surface area contributed by atoms with E-state index in [-0.39, 0.29) is 19.2 Å². The maximum Gasteiger partial charge on any atom is 0.330 e. The van der Waals surface area contributed by atoms with Gasteiger partial charge in [-0.2, -0.15) is 0 Å². The molecular weight excluding hydrogens is 172 g/mol. The molecule has 0 aromatic rings. The molecule has 0 radical (unpaired) electrons. The lowest BCUT2D eigenvalue weighted by Crippen LogP contribution is -2.08. The van der Waals surface area contributed by atoms with Gasteiger partial charge in [0.05, 0.1) is 6.26 Å². The molecule has 72 valence electrons. The highest BCUT2D eigenvalue weighted by molar-refractivity contribution is 5.81. The summed E-state index contributed by atoms with van der Waals surface area (Å²) in [5.74, 6) is -0.372. The van der Waals surface area contributed by atoms with Gasteiger partial charge in [-0.05, 0) is 6.58 Å². The van der Waals surface area contributed by atoms with E-state index in [2.05, 4.69) is 29.2 Å². The first kappa shape index (κ1) is 11.3. The van der Waals surface area contributed by atoms with Crippen LogP contribution in [0.4, 0.5) is 0 Å². The Bertz CT molecular complexity index is 208. The number of hydrogen-bond donors (Lipinski definition) is 0. The zero-order valence-electron chi connectivity index (χ0n) is 7.32. The Morgan fingerprint density at radius 1 is 1.23 bits per heavy atom. The average molecular weight is 184 g/mol. The van der Waals surface area contributed by atoms with Crippen LogP contribution in [0.1, 0.15) is 0 Å². The molecule has 0 aromatic heterocycles. The van der Waals surface area contributed by atoms with E-state index in [1.807, 2.05) is 0 Å². The van der Waals surface area contributed by atoms with E-state index >= 15 is 0 Å². The summed E-state index contributed by atoms with van der Waals surface area (Å²) in [6.45, 7) is 10.3. The molecular formula is C9H12O4. The molecule has 0 N–H and O–H groups in total. The maximum absolute atomic E-state index is 10.5. The Morgan fingerprint density at radius 3 is 2.38 bits per heavy atom. The molecule has 0 aliphatic rings. The summed E-state index contributed by atoms with van der Waals surface area (Å²) in [6, 6.07) is 0. The van der Waals surface area contributed by atoms with E-state index in [0.717, 1.165) is 6.08 Å². The van der Waals surface area contributed by atoms with Crippen LogP contribution in [0, 0.1) is 0 Å². The number of rotatable bonds is 7. The minimum Gasteiger partial charge on any atom is -0.462 e. The van der Waals surface area contributed by atoms with Gasteiger partial charge < -0.3 is 14.2 Å². The van der Waals surface area contributed by atoms with Gasteiger partial charge in [0, 0.05) is 6.08 Å². The molecule has 0 spiro atoms. The van der Waals surface area contributed by atoms with Gasteiger partial charge in [0.2, 0.25) is 0 Å². The monoisotopic (exact) mass is 184 g/mol. The van der Waals surface area contributed by atoms with Crippen LogP contribution in [-0.4, -0.2) is 19.2 Å².